The number of halogens is 1. The number of Topliss-reactive ketones (excluding diaryl/α,β-unsaturated/α-hetero) is 1. The van der Waals surface area contributed by atoms with E-state index in [1.807, 2.05) is 25.1 Å². The first-order valence-corrected chi connectivity index (χ1v) is 11.1. The van der Waals surface area contributed by atoms with Gasteiger partial charge in [-0.2, -0.15) is 0 Å². The van der Waals surface area contributed by atoms with Crippen LogP contribution in [0.2, 0.25) is 0 Å². The van der Waals surface area contributed by atoms with E-state index in [4.69, 9.17) is 0 Å². The molecule has 0 saturated carbocycles. The highest BCUT2D eigenvalue weighted by Gasteiger charge is 2.46. The first-order chi connectivity index (χ1) is 16.1. The van der Waals surface area contributed by atoms with Gasteiger partial charge in [0.1, 0.15) is 11.6 Å². The summed E-state index contributed by atoms with van der Waals surface area (Å²) in [6.07, 6.45) is 3.16. The lowest BCUT2D eigenvalue weighted by molar-refractivity contribution is -0.140. The minimum Gasteiger partial charge on any atom is -0.507 e. The van der Waals surface area contributed by atoms with Crippen molar-refractivity contribution in [2.75, 3.05) is 0 Å². The van der Waals surface area contributed by atoms with Crippen LogP contribution in [0.25, 0.3) is 5.76 Å². The van der Waals surface area contributed by atoms with Crippen LogP contribution in [0.5, 0.6) is 0 Å². The summed E-state index contributed by atoms with van der Waals surface area (Å²) in [4.78, 5) is 31.9. The van der Waals surface area contributed by atoms with Crippen molar-refractivity contribution in [3.8, 4) is 0 Å². The number of aromatic nitrogens is 1. The van der Waals surface area contributed by atoms with E-state index in [0.29, 0.717) is 16.7 Å². The molecule has 1 atom stereocenters. The molecule has 0 bridgehead atoms. The maximum Gasteiger partial charge on any atom is 0.295 e. The van der Waals surface area contributed by atoms with Crippen LogP contribution < -0.4 is 0 Å². The third-order valence-electron chi connectivity index (χ3n) is 6.19. The van der Waals surface area contributed by atoms with Crippen LogP contribution in [-0.4, -0.2) is 26.7 Å². The summed E-state index contributed by atoms with van der Waals surface area (Å²) < 4.78 is 13.4. The number of rotatable bonds is 4. The van der Waals surface area contributed by atoms with E-state index in [2.05, 4.69) is 25.8 Å². The van der Waals surface area contributed by atoms with Crippen molar-refractivity contribution in [3.05, 3.63) is 106 Å². The smallest absolute Gasteiger partial charge is 0.295 e. The second-order valence-corrected chi connectivity index (χ2v) is 9.61. The summed E-state index contributed by atoms with van der Waals surface area (Å²) >= 11 is 0. The van der Waals surface area contributed by atoms with Crippen molar-refractivity contribution in [3.63, 3.8) is 0 Å². The summed E-state index contributed by atoms with van der Waals surface area (Å²) in [6.45, 7) is 8.16. The van der Waals surface area contributed by atoms with Crippen molar-refractivity contribution >= 4 is 17.4 Å². The number of carbonyl (C=O) groups is 2. The van der Waals surface area contributed by atoms with Crippen molar-refractivity contribution in [2.24, 2.45) is 0 Å². The zero-order valence-electron chi connectivity index (χ0n) is 19.7. The largest absolute Gasteiger partial charge is 0.507 e. The molecule has 1 aromatic heterocycles. The van der Waals surface area contributed by atoms with Gasteiger partial charge in [-0.15, -0.1) is 0 Å². The Morgan fingerprint density at radius 2 is 1.68 bits per heavy atom. The maximum absolute atomic E-state index is 13.4. The molecule has 5 nitrogen and oxygen atoms in total. The van der Waals surface area contributed by atoms with E-state index in [0.717, 1.165) is 11.1 Å². The molecule has 0 radical (unpaired) electrons. The van der Waals surface area contributed by atoms with Crippen molar-refractivity contribution in [1.29, 1.82) is 0 Å². The SMILES string of the molecule is Cc1ccc(C(C)(C)C)cc1/C(O)=C1\C(=O)C(=O)N(Cc2ccc(F)cc2)C1c1ccncc1. The summed E-state index contributed by atoms with van der Waals surface area (Å²) in [6, 6.07) is 14.2. The molecule has 34 heavy (non-hydrogen) atoms. The lowest BCUT2D eigenvalue weighted by atomic mass is 9.84. The standard InChI is InChI=1S/C28H27FN2O3/c1-17-5-8-20(28(2,3)4)15-22(17)25(32)23-24(19-11-13-30-14-12-19)31(27(34)26(23)33)16-18-6-9-21(29)10-7-18/h5-15,24,32H,16H2,1-4H3/b25-23+. The number of amides is 1. The number of nitrogens with zero attached hydrogens (tertiary/aromatic N) is 2. The number of likely N-dealkylation sites (tertiary alicyclic amines) is 1. The van der Waals surface area contributed by atoms with Crippen LogP contribution >= 0.6 is 0 Å². The van der Waals surface area contributed by atoms with Gasteiger partial charge in [0, 0.05) is 24.5 Å². The fourth-order valence-electron chi connectivity index (χ4n) is 4.21. The molecule has 1 aliphatic heterocycles. The Morgan fingerprint density at radius 3 is 2.29 bits per heavy atom. The third kappa shape index (κ3) is 4.36. The molecule has 1 saturated heterocycles. The van der Waals surface area contributed by atoms with Gasteiger partial charge in [-0.1, -0.05) is 45.0 Å². The van der Waals surface area contributed by atoms with Gasteiger partial charge < -0.3 is 10.0 Å². The minimum atomic E-state index is -0.800. The van der Waals surface area contributed by atoms with Gasteiger partial charge in [0.25, 0.3) is 11.7 Å². The lowest BCUT2D eigenvalue weighted by Gasteiger charge is -2.26. The van der Waals surface area contributed by atoms with Gasteiger partial charge >= 0.3 is 0 Å². The number of aliphatic hydroxyl groups excluding tert-OH is 1. The summed E-state index contributed by atoms with van der Waals surface area (Å²) in [5.74, 6) is -2.05. The molecular formula is C28H27FN2O3. The number of hydrogen-bond donors (Lipinski definition) is 1. The fraction of sp³-hybridized carbons (Fsp3) is 0.250. The van der Waals surface area contributed by atoms with Crippen molar-refractivity contribution < 1.29 is 19.1 Å². The molecule has 174 valence electrons. The Bertz CT molecular complexity index is 1280. The topological polar surface area (TPSA) is 70.5 Å². The Kier molecular flexibility index (Phi) is 6.09. The molecule has 1 unspecified atom stereocenters. The second-order valence-electron chi connectivity index (χ2n) is 9.61. The van der Waals surface area contributed by atoms with Gasteiger partial charge in [-0.05, 0) is 64.9 Å². The molecule has 1 fully saturated rings. The molecule has 2 heterocycles. The van der Waals surface area contributed by atoms with E-state index in [1.54, 1.807) is 36.7 Å². The summed E-state index contributed by atoms with van der Waals surface area (Å²) in [7, 11) is 0. The van der Waals surface area contributed by atoms with E-state index in [9.17, 15) is 19.1 Å². The zero-order chi connectivity index (χ0) is 24.6. The number of benzene rings is 2. The van der Waals surface area contributed by atoms with E-state index >= 15 is 0 Å². The molecule has 1 amide bonds. The van der Waals surface area contributed by atoms with Gasteiger partial charge in [0.2, 0.25) is 0 Å². The molecule has 1 aliphatic rings. The van der Waals surface area contributed by atoms with Crippen LogP contribution in [0.15, 0.2) is 72.6 Å². The number of hydrogen-bond acceptors (Lipinski definition) is 4. The van der Waals surface area contributed by atoms with Crippen LogP contribution in [0, 0.1) is 12.7 Å². The maximum atomic E-state index is 13.4. The molecule has 2 aromatic carbocycles. The number of pyridine rings is 1. The highest BCUT2D eigenvalue weighted by atomic mass is 19.1. The molecule has 3 aromatic rings. The van der Waals surface area contributed by atoms with Gasteiger partial charge in [-0.3, -0.25) is 14.6 Å². The summed E-state index contributed by atoms with van der Waals surface area (Å²) in [5, 5.41) is 11.4. The van der Waals surface area contributed by atoms with Gasteiger partial charge in [0.05, 0.1) is 11.6 Å². The van der Waals surface area contributed by atoms with Crippen LogP contribution in [0.4, 0.5) is 4.39 Å². The Balaban J connectivity index is 1.88. The Hall–Kier alpha value is -3.80. The average molecular weight is 459 g/mol. The minimum absolute atomic E-state index is 0.0347. The van der Waals surface area contributed by atoms with Gasteiger partial charge in [0.15, 0.2) is 0 Å². The number of carbonyl (C=O) groups excluding carboxylic acids is 2. The molecule has 6 heteroatoms. The van der Waals surface area contributed by atoms with E-state index < -0.39 is 17.7 Å². The molecule has 0 spiro atoms. The summed E-state index contributed by atoms with van der Waals surface area (Å²) in [5.41, 5.74) is 3.51. The van der Waals surface area contributed by atoms with Crippen LogP contribution in [0.3, 0.4) is 0 Å². The molecule has 4 rings (SSSR count). The predicted octanol–water partition coefficient (Wildman–Crippen LogP) is 5.45. The number of ketones is 1. The fourth-order valence-corrected chi connectivity index (χ4v) is 4.21. The van der Waals surface area contributed by atoms with E-state index in [1.165, 1.54) is 17.0 Å². The highest BCUT2D eigenvalue weighted by Crippen LogP contribution is 2.41. The van der Waals surface area contributed by atoms with Crippen molar-refractivity contribution in [2.45, 2.75) is 45.7 Å². The average Bonchev–Trinajstić information content (AvgIpc) is 3.05. The second kappa shape index (κ2) is 8.86. The number of aliphatic hydroxyl groups is 1. The predicted molar refractivity (Wildman–Crippen MR) is 128 cm³/mol. The normalized spacial score (nSPS) is 17.9. The first kappa shape index (κ1) is 23.4. The first-order valence-electron chi connectivity index (χ1n) is 11.1. The molecular weight excluding hydrogens is 431 g/mol. The van der Waals surface area contributed by atoms with E-state index in [-0.39, 0.29) is 29.1 Å². The third-order valence-corrected chi connectivity index (χ3v) is 6.19. The Morgan fingerprint density at radius 1 is 1.03 bits per heavy atom. The zero-order valence-corrected chi connectivity index (χ0v) is 19.7. The quantitative estimate of drug-likeness (QED) is 0.321. The van der Waals surface area contributed by atoms with Crippen LogP contribution in [-0.2, 0) is 21.5 Å². The molecule has 1 N–H and O–H groups in total. The highest BCUT2D eigenvalue weighted by molar-refractivity contribution is 6.46. The van der Waals surface area contributed by atoms with Gasteiger partial charge in [-0.25, -0.2) is 4.39 Å². The molecule has 0 aliphatic carbocycles. The Labute approximate surface area is 198 Å². The lowest BCUT2D eigenvalue weighted by Crippen LogP contribution is -2.29. The number of aryl methyl sites for hydroxylation is 1. The van der Waals surface area contributed by atoms with Crippen molar-refractivity contribution in [1.82, 2.24) is 9.88 Å². The van der Waals surface area contributed by atoms with Crippen LogP contribution in [0.1, 0.15) is 54.6 Å². The monoisotopic (exact) mass is 458 g/mol.